The summed E-state index contributed by atoms with van der Waals surface area (Å²) >= 11 is 0. The predicted octanol–water partition coefficient (Wildman–Crippen LogP) is 5.58. The second-order valence-electron chi connectivity index (χ2n) is 13.8. The van der Waals surface area contributed by atoms with Crippen molar-refractivity contribution in [2.24, 2.45) is 16.9 Å². The van der Waals surface area contributed by atoms with Crippen molar-refractivity contribution in [3.8, 4) is 17.2 Å². The van der Waals surface area contributed by atoms with Crippen molar-refractivity contribution in [3.05, 3.63) is 53.6 Å². The molecule has 3 aliphatic rings. The minimum atomic E-state index is -0.816. The summed E-state index contributed by atoms with van der Waals surface area (Å²) in [6.07, 6.45) is 4.68. The molecule has 1 saturated carbocycles. The molecule has 2 aromatic carbocycles. The summed E-state index contributed by atoms with van der Waals surface area (Å²) in [6.45, 7) is 8.74. The van der Waals surface area contributed by atoms with Gasteiger partial charge in [-0.15, -0.1) is 0 Å². The minimum absolute atomic E-state index is 0.0598. The smallest absolute Gasteiger partial charge is 0.408 e. The number of hydrogen-bond acceptors (Lipinski definition) is 8. The summed E-state index contributed by atoms with van der Waals surface area (Å²) in [5.41, 5.74) is 2.03. The van der Waals surface area contributed by atoms with Gasteiger partial charge >= 0.3 is 6.09 Å². The van der Waals surface area contributed by atoms with Crippen LogP contribution in [0.4, 0.5) is 4.79 Å². The number of likely N-dealkylation sites (tertiary alicyclic amines) is 1. The van der Waals surface area contributed by atoms with Crippen molar-refractivity contribution in [2.45, 2.75) is 90.3 Å². The average molecular weight is 663 g/mol. The first-order valence-electron chi connectivity index (χ1n) is 17.1. The summed E-state index contributed by atoms with van der Waals surface area (Å²) in [7, 11) is 3.23. The fourth-order valence-electron chi connectivity index (χ4n) is 7.02. The topological polar surface area (TPSA) is 119 Å². The number of carbonyl (C=O) groups is 3. The summed E-state index contributed by atoms with van der Waals surface area (Å²) in [4.78, 5) is 42.5. The van der Waals surface area contributed by atoms with Gasteiger partial charge in [0.05, 0.1) is 32.6 Å². The number of methoxy groups -OCH3 is 2. The van der Waals surface area contributed by atoms with E-state index in [9.17, 15) is 14.4 Å². The quantitative estimate of drug-likeness (QED) is 0.353. The first kappa shape index (κ1) is 35.0. The van der Waals surface area contributed by atoms with Crippen molar-refractivity contribution in [1.29, 1.82) is 0 Å². The molecule has 0 radical (unpaired) electrons. The highest BCUT2D eigenvalue weighted by molar-refractivity contribution is 6.07. The Morgan fingerprint density at radius 1 is 0.938 bits per heavy atom. The second kappa shape index (κ2) is 15.3. The Labute approximate surface area is 283 Å². The van der Waals surface area contributed by atoms with Gasteiger partial charge in [-0.1, -0.05) is 25.0 Å². The van der Waals surface area contributed by atoms with Gasteiger partial charge < -0.3 is 29.2 Å². The Morgan fingerprint density at radius 2 is 1.60 bits per heavy atom. The summed E-state index contributed by atoms with van der Waals surface area (Å²) in [5.74, 6) is 1.86. The van der Waals surface area contributed by atoms with Gasteiger partial charge in [0.1, 0.15) is 17.4 Å². The standard InChI is InChI=1S/C37H50N4O7/c1-7-47-27-15-12-24(13-16-27)22-30(38-36(44)48-37(2,3)4)35(43)40-20-18-26(19-21-40)41-34(42)29-11-9-8-10-28(29)33(39-41)25-14-17-31(45-5)32(23-25)46-6/h12-17,23,26,28-30H,7-11,18-22H2,1-6H3,(H,38,44)/t28-,29+,30+/m0/s1. The van der Waals surface area contributed by atoms with E-state index in [4.69, 9.17) is 24.0 Å². The highest BCUT2D eigenvalue weighted by atomic mass is 16.6. The lowest BCUT2D eigenvalue weighted by Gasteiger charge is -2.43. The number of hydrogen-bond donors (Lipinski definition) is 1. The molecule has 0 aromatic heterocycles. The van der Waals surface area contributed by atoms with Gasteiger partial charge in [-0.3, -0.25) is 9.59 Å². The number of alkyl carbamates (subject to hydrolysis) is 1. The number of nitrogens with one attached hydrogen (secondary N) is 1. The molecule has 0 spiro atoms. The maximum atomic E-state index is 14.0. The third-order valence-electron chi connectivity index (χ3n) is 9.34. The lowest BCUT2D eigenvalue weighted by atomic mass is 9.73. The van der Waals surface area contributed by atoms with Gasteiger partial charge in [0.25, 0.3) is 0 Å². The molecule has 3 amide bonds. The van der Waals surface area contributed by atoms with Gasteiger partial charge in [0.15, 0.2) is 11.5 Å². The van der Waals surface area contributed by atoms with Crippen LogP contribution in [0.25, 0.3) is 0 Å². The average Bonchev–Trinajstić information content (AvgIpc) is 3.08. The summed E-state index contributed by atoms with van der Waals surface area (Å²) in [6, 6.07) is 12.4. The molecule has 48 heavy (non-hydrogen) atoms. The predicted molar refractivity (Wildman–Crippen MR) is 182 cm³/mol. The number of benzene rings is 2. The van der Waals surface area contributed by atoms with Gasteiger partial charge in [0.2, 0.25) is 11.8 Å². The highest BCUT2D eigenvalue weighted by Crippen LogP contribution is 2.40. The Hall–Kier alpha value is -4.28. The van der Waals surface area contributed by atoms with Crippen molar-refractivity contribution < 1.29 is 33.3 Å². The van der Waals surface area contributed by atoms with E-state index < -0.39 is 17.7 Å². The van der Waals surface area contributed by atoms with Crippen LogP contribution in [-0.2, 0) is 20.7 Å². The van der Waals surface area contributed by atoms with Crippen molar-refractivity contribution in [3.63, 3.8) is 0 Å². The molecule has 1 saturated heterocycles. The van der Waals surface area contributed by atoms with Crippen molar-refractivity contribution in [2.75, 3.05) is 33.9 Å². The van der Waals surface area contributed by atoms with Gasteiger partial charge in [-0.2, -0.15) is 5.10 Å². The maximum absolute atomic E-state index is 14.0. The molecule has 2 heterocycles. The van der Waals surface area contributed by atoms with E-state index in [-0.39, 0.29) is 29.7 Å². The van der Waals surface area contributed by atoms with Crippen LogP contribution in [0.1, 0.15) is 77.3 Å². The van der Waals surface area contributed by atoms with Crippen molar-refractivity contribution >= 4 is 23.6 Å². The number of rotatable bonds is 10. The molecule has 0 unspecified atom stereocenters. The fourth-order valence-corrected chi connectivity index (χ4v) is 7.02. The third kappa shape index (κ3) is 8.22. The Kier molecular flexibility index (Phi) is 11.2. The number of fused-ring (bicyclic) bond motifs is 1. The van der Waals surface area contributed by atoms with Crippen LogP contribution in [0.15, 0.2) is 47.6 Å². The zero-order valence-corrected chi connectivity index (χ0v) is 29.1. The van der Waals surface area contributed by atoms with E-state index in [1.54, 1.807) is 44.9 Å². The van der Waals surface area contributed by atoms with Crippen LogP contribution in [-0.4, -0.2) is 85.1 Å². The third-order valence-corrected chi connectivity index (χ3v) is 9.34. The molecule has 5 rings (SSSR count). The van der Waals surface area contributed by atoms with Crippen LogP contribution in [0, 0.1) is 11.8 Å². The molecule has 11 nitrogen and oxygen atoms in total. The van der Waals surface area contributed by atoms with E-state index in [2.05, 4.69) is 5.32 Å². The molecule has 11 heteroatoms. The number of amides is 3. The summed E-state index contributed by atoms with van der Waals surface area (Å²) in [5, 5.41) is 9.57. The maximum Gasteiger partial charge on any atom is 0.408 e. The van der Waals surface area contributed by atoms with E-state index in [0.29, 0.717) is 50.5 Å². The molecule has 3 atom stereocenters. The van der Waals surface area contributed by atoms with Crippen LogP contribution in [0.2, 0.25) is 0 Å². The van der Waals surface area contributed by atoms with E-state index in [1.807, 2.05) is 49.4 Å². The van der Waals surface area contributed by atoms with E-state index >= 15 is 0 Å². The van der Waals surface area contributed by atoms with Crippen LogP contribution < -0.4 is 19.5 Å². The lowest BCUT2D eigenvalue weighted by molar-refractivity contribution is -0.143. The highest BCUT2D eigenvalue weighted by Gasteiger charge is 2.44. The van der Waals surface area contributed by atoms with Crippen LogP contribution >= 0.6 is 0 Å². The molecular formula is C37H50N4O7. The fraction of sp³-hybridized carbons (Fsp3) is 0.568. The number of carbonyl (C=O) groups excluding carboxylic acids is 3. The number of hydrazone groups is 1. The Bertz CT molecular complexity index is 1480. The first-order chi connectivity index (χ1) is 23.0. The van der Waals surface area contributed by atoms with Gasteiger partial charge in [-0.05, 0) is 89.3 Å². The van der Waals surface area contributed by atoms with Crippen molar-refractivity contribution in [1.82, 2.24) is 15.2 Å². The SMILES string of the molecule is CCOc1ccc(C[C@@H](NC(=O)OC(C)(C)C)C(=O)N2CCC(N3N=C(c4ccc(OC)c(OC)c4)[C@H]4CCCC[C@H]4C3=O)CC2)cc1. The Morgan fingerprint density at radius 3 is 2.23 bits per heavy atom. The summed E-state index contributed by atoms with van der Waals surface area (Å²) < 4.78 is 22.1. The zero-order valence-electron chi connectivity index (χ0n) is 29.1. The van der Waals surface area contributed by atoms with Crippen LogP contribution in [0.5, 0.6) is 17.2 Å². The zero-order chi connectivity index (χ0) is 34.4. The normalized spacial score (nSPS) is 20.7. The van der Waals surface area contributed by atoms with E-state index in [0.717, 1.165) is 48.3 Å². The number of piperidine rings is 1. The largest absolute Gasteiger partial charge is 0.494 e. The minimum Gasteiger partial charge on any atom is -0.494 e. The molecular weight excluding hydrogens is 612 g/mol. The first-order valence-corrected chi connectivity index (χ1v) is 17.1. The van der Waals surface area contributed by atoms with E-state index in [1.165, 1.54) is 0 Å². The Balaban J connectivity index is 1.32. The lowest BCUT2D eigenvalue weighted by Crippen LogP contribution is -2.56. The molecule has 2 aliphatic heterocycles. The molecule has 1 N–H and O–H groups in total. The molecule has 1 aliphatic carbocycles. The monoisotopic (exact) mass is 662 g/mol. The second-order valence-corrected chi connectivity index (χ2v) is 13.8. The molecule has 260 valence electrons. The molecule has 0 bridgehead atoms. The van der Waals surface area contributed by atoms with Gasteiger partial charge in [-0.25, -0.2) is 9.80 Å². The number of ether oxygens (including phenoxy) is 4. The molecule has 2 fully saturated rings. The number of nitrogens with zero attached hydrogens (tertiary/aromatic N) is 3. The molecule has 2 aromatic rings. The van der Waals surface area contributed by atoms with Crippen LogP contribution in [0.3, 0.4) is 0 Å². The van der Waals surface area contributed by atoms with Gasteiger partial charge in [0, 0.05) is 36.9 Å².